The summed E-state index contributed by atoms with van der Waals surface area (Å²) in [5.74, 6) is 0.703. The molecule has 18 heavy (non-hydrogen) atoms. The Morgan fingerprint density at radius 3 is 2.94 bits per heavy atom. The highest BCUT2D eigenvalue weighted by atomic mass is 35.5. The third-order valence-electron chi connectivity index (χ3n) is 3.70. The molecule has 0 spiro atoms. The number of nitrogens with two attached hydrogens (primary N) is 1. The molecule has 1 fully saturated rings. The topological polar surface area (TPSA) is 59.2 Å². The SMILES string of the molecule is CC1CCCN(C(=O)c2nc(N)ccc2Cl)C1C. The monoisotopic (exact) mass is 267 g/mol. The van der Waals surface area contributed by atoms with Gasteiger partial charge in [-0.15, -0.1) is 0 Å². The summed E-state index contributed by atoms with van der Waals surface area (Å²) in [6.07, 6.45) is 2.18. The zero-order valence-corrected chi connectivity index (χ0v) is 11.4. The van der Waals surface area contributed by atoms with Gasteiger partial charge in [-0.3, -0.25) is 4.79 Å². The minimum atomic E-state index is -0.119. The Bertz CT molecular complexity index is 464. The normalized spacial score (nSPS) is 24.1. The molecule has 2 N–H and O–H groups in total. The highest BCUT2D eigenvalue weighted by Crippen LogP contribution is 2.26. The molecule has 1 aromatic rings. The van der Waals surface area contributed by atoms with E-state index in [1.54, 1.807) is 12.1 Å². The first-order valence-electron chi connectivity index (χ1n) is 6.23. The van der Waals surface area contributed by atoms with Crippen molar-refractivity contribution >= 4 is 23.3 Å². The van der Waals surface area contributed by atoms with Gasteiger partial charge in [0, 0.05) is 12.6 Å². The number of rotatable bonds is 1. The van der Waals surface area contributed by atoms with Gasteiger partial charge in [0.15, 0.2) is 0 Å². The van der Waals surface area contributed by atoms with Crippen molar-refractivity contribution in [1.29, 1.82) is 0 Å². The molecule has 1 aliphatic rings. The number of halogens is 1. The number of likely N-dealkylation sites (tertiary alicyclic amines) is 1. The maximum absolute atomic E-state index is 12.5. The number of aromatic nitrogens is 1. The number of nitrogen functional groups attached to an aromatic ring is 1. The Morgan fingerprint density at radius 1 is 1.50 bits per heavy atom. The summed E-state index contributed by atoms with van der Waals surface area (Å²) in [5.41, 5.74) is 5.88. The lowest BCUT2D eigenvalue weighted by Crippen LogP contribution is -2.46. The van der Waals surface area contributed by atoms with Crippen LogP contribution in [0, 0.1) is 5.92 Å². The number of piperidine rings is 1. The number of amides is 1. The van der Waals surface area contributed by atoms with Gasteiger partial charge in [-0.2, -0.15) is 0 Å². The molecule has 0 aromatic carbocycles. The first kappa shape index (κ1) is 13.1. The summed E-state index contributed by atoms with van der Waals surface area (Å²) in [4.78, 5) is 18.4. The third-order valence-corrected chi connectivity index (χ3v) is 4.01. The first-order valence-corrected chi connectivity index (χ1v) is 6.61. The van der Waals surface area contributed by atoms with Gasteiger partial charge in [0.05, 0.1) is 5.02 Å². The van der Waals surface area contributed by atoms with Gasteiger partial charge in [0.1, 0.15) is 11.5 Å². The van der Waals surface area contributed by atoms with Crippen LogP contribution in [-0.2, 0) is 0 Å². The van der Waals surface area contributed by atoms with Gasteiger partial charge in [-0.05, 0) is 37.8 Å². The minimum Gasteiger partial charge on any atom is -0.384 e. The molecular weight excluding hydrogens is 250 g/mol. The highest BCUT2D eigenvalue weighted by Gasteiger charge is 2.30. The van der Waals surface area contributed by atoms with E-state index < -0.39 is 0 Å². The van der Waals surface area contributed by atoms with Crippen LogP contribution in [0.4, 0.5) is 5.82 Å². The zero-order valence-electron chi connectivity index (χ0n) is 10.7. The number of anilines is 1. The molecule has 5 heteroatoms. The summed E-state index contributed by atoms with van der Waals surface area (Å²) in [5, 5.41) is 0.361. The number of carbonyl (C=O) groups is 1. The van der Waals surface area contributed by atoms with Gasteiger partial charge >= 0.3 is 0 Å². The van der Waals surface area contributed by atoms with Gasteiger partial charge in [0.25, 0.3) is 5.91 Å². The number of nitrogens with zero attached hydrogens (tertiary/aromatic N) is 2. The Morgan fingerprint density at radius 2 is 2.22 bits per heavy atom. The Hall–Kier alpha value is -1.29. The van der Waals surface area contributed by atoms with Crippen LogP contribution < -0.4 is 5.73 Å². The number of hydrogen-bond acceptors (Lipinski definition) is 3. The van der Waals surface area contributed by atoms with E-state index in [4.69, 9.17) is 17.3 Å². The fourth-order valence-electron chi connectivity index (χ4n) is 2.37. The van der Waals surface area contributed by atoms with E-state index >= 15 is 0 Å². The number of carbonyl (C=O) groups excluding carboxylic acids is 1. The Labute approximate surface area is 112 Å². The molecule has 1 aliphatic heterocycles. The highest BCUT2D eigenvalue weighted by molar-refractivity contribution is 6.33. The predicted molar refractivity (Wildman–Crippen MR) is 72.6 cm³/mol. The molecule has 1 saturated heterocycles. The Kier molecular flexibility index (Phi) is 3.76. The van der Waals surface area contributed by atoms with E-state index in [9.17, 15) is 4.79 Å². The molecule has 2 unspecified atom stereocenters. The quantitative estimate of drug-likeness (QED) is 0.851. The molecule has 98 valence electrons. The van der Waals surface area contributed by atoms with Crippen molar-refractivity contribution in [2.24, 2.45) is 5.92 Å². The van der Waals surface area contributed by atoms with E-state index in [0.717, 1.165) is 19.4 Å². The predicted octanol–water partition coefficient (Wildman–Crippen LogP) is 2.58. The molecule has 0 radical (unpaired) electrons. The van der Waals surface area contributed by atoms with E-state index in [1.165, 1.54) is 0 Å². The molecule has 4 nitrogen and oxygen atoms in total. The van der Waals surface area contributed by atoms with Crippen LogP contribution in [0.15, 0.2) is 12.1 Å². The van der Waals surface area contributed by atoms with Crippen molar-refractivity contribution < 1.29 is 4.79 Å². The molecule has 2 atom stereocenters. The molecule has 0 aliphatic carbocycles. The average molecular weight is 268 g/mol. The standard InChI is InChI=1S/C13H18ClN3O/c1-8-4-3-7-17(9(8)2)13(18)12-10(14)5-6-11(15)16-12/h5-6,8-9H,3-4,7H2,1-2H3,(H2,15,16). The number of pyridine rings is 1. The van der Waals surface area contributed by atoms with Crippen molar-refractivity contribution in [3.05, 3.63) is 22.8 Å². The molecule has 2 rings (SSSR count). The van der Waals surface area contributed by atoms with Gasteiger partial charge in [0.2, 0.25) is 0 Å². The number of hydrogen-bond donors (Lipinski definition) is 1. The lowest BCUT2D eigenvalue weighted by atomic mass is 9.92. The molecular formula is C13H18ClN3O. The first-order chi connectivity index (χ1) is 8.50. The smallest absolute Gasteiger partial charge is 0.274 e. The van der Waals surface area contributed by atoms with E-state index in [2.05, 4.69) is 18.8 Å². The summed E-state index contributed by atoms with van der Waals surface area (Å²) < 4.78 is 0. The maximum atomic E-state index is 12.5. The molecule has 2 heterocycles. The van der Waals surface area contributed by atoms with Crippen molar-refractivity contribution in [2.75, 3.05) is 12.3 Å². The van der Waals surface area contributed by atoms with Crippen LogP contribution >= 0.6 is 11.6 Å². The summed E-state index contributed by atoms with van der Waals surface area (Å²) in [7, 11) is 0. The molecule has 0 bridgehead atoms. The minimum absolute atomic E-state index is 0.119. The fourth-order valence-corrected chi connectivity index (χ4v) is 2.55. The zero-order chi connectivity index (χ0) is 13.3. The van der Waals surface area contributed by atoms with Crippen molar-refractivity contribution in [1.82, 2.24) is 9.88 Å². The second-order valence-electron chi connectivity index (χ2n) is 4.93. The fraction of sp³-hybridized carbons (Fsp3) is 0.538. The second kappa shape index (κ2) is 5.14. The van der Waals surface area contributed by atoms with E-state index in [1.807, 2.05) is 4.90 Å². The van der Waals surface area contributed by atoms with Crippen LogP contribution in [0.25, 0.3) is 0 Å². The van der Waals surface area contributed by atoms with Crippen LogP contribution in [0.2, 0.25) is 5.02 Å². The summed E-state index contributed by atoms with van der Waals surface area (Å²) >= 11 is 6.03. The van der Waals surface area contributed by atoms with Crippen LogP contribution in [0.5, 0.6) is 0 Å². The van der Waals surface area contributed by atoms with Gasteiger partial charge in [-0.1, -0.05) is 18.5 Å². The van der Waals surface area contributed by atoms with Crippen molar-refractivity contribution in [2.45, 2.75) is 32.7 Å². The van der Waals surface area contributed by atoms with Gasteiger partial charge < -0.3 is 10.6 Å². The van der Waals surface area contributed by atoms with E-state index in [0.29, 0.717) is 16.8 Å². The summed E-state index contributed by atoms with van der Waals surface area (Å²) in [6, 6.07) is 3.43. The van der Waals surface area contributed by atoms with E-state index in [-0.39, 0.29) is 17.6 Å². The van der Waals surface area contributed by atoms with Crippen molar-refractivity contribution in [3.63, 3.8) is 0 Å². The van der Waals surface area contributed by atoms with Gasteiger partial charge in [-0.25, -0.2) is 4.98 Å². The average Bonchev–Trinajstić information content (AvgIpc) is 2.35. The maximum Gasteiger partial charge on any atom is 0.274 e. The van der Waals surface area contributed by atoms with Crippen LogP contribution in [0.3, 0.4) is 0 Å². The second-order valence-corrected chi connectivity index (χ2v) is 5.33. The molecule has 0 saturated carbocycles. The Balaban J connectivity index is 2.27. The van der Waals surface area contributed by atoms with Crippen molar-refractivity contribution in [3.8, 4) is 0 Å². The summed E-state index contributed by atoms with van der Waals surface area (Å²) in [6.45, 7) is 5.00. The third kappa shape index (κ3) is 2.43. The van der Waals surface area contributed by atoms with Crippen LogP contribution in [-0.4, -0.2) is 28.4 Å². The largest absolute Gasteiger partial charge is 0.384 e. The van der Waals surface area contributed by atoms with Crippen LogP contribution in [0.1, 0.15) is 37.2 Å². The lowest BCUT2D eigenvalue weighted by molar-refractivity contribution is 0.0545. The lowest BCUT2D eigenvalue weighted by Gasteiger charge is -2.37. The molecule has 1 aromatic heterocycles. The molecule has 1 amide bonds.